The molecule has 0 aromatic heterocycles. The van der Waals surface area contributed by atoms with E-state index in [0.717, 1.165) is 37.2 Å². The molecule has 1 fully saturated rings. The van der Waals surface area contributed by atoms with E-state index in [1.807, 2.05) is 54.6 Å². The van der Waals surface area contributed by atoms with Gasteiger partial charge in [0, 0.05) is 42.8 Å². The molecule has 2 aliphatic rings. The largest absolute Gasteiger partial charge is 0.350 e. The zero-order valence-electron chi connectivity index (χ0n) is 19.9. The second-order valence-electron chi connectivity index (χ2n) is 9.61. The van der Waals surface area contributed by atoms with Gasteiger partial charge in [-0.3, -0.25) is 14.5 Å². The normalized spacial score (nSPS) is 20.6. The monoisotopic (exact) mass is 487 g/mol. The number of halogens is 1. The van der Waals surface area contributed by atoms with Crippen molar-refractivity contribution < 1.29 is 9.59 Å². The molecule has 35 heavy (non-hydrogen) atoms. The molecule has 1 saturated heterocycles. The maximum atomic E-state index is 13.6. The van der Waals surface area contributed by atoms with Gasteiger partial charge in [-0.15, -0.1) is 0 Å². The molecule has 0 spiro atoms. The Labute approximate surface area is 211 Å². The van der Waals surface area contributed by atoms with Crippen LogP contribution in [0.4, 0.5) is 0 Å². The number of rotatable bonds is 7. The molecule has 0 saturated carbocycles. The van der Waals surface area contributed by atoms with Crippen molar-refractivity contribution in [3.05, 3.63) is 106 Å². The van der Waals surface area contributed by atoms with Gasteiger partial charge in [0.25, 0.3) is 5.91 Å². The molecule has 2 aliphatic heterocycles. The Morgan fingerprint density at radius 2 is 1.74 bits per heavy atom. The Kier molecular flexibility index (Phi) is 6.89. The molecular formula is C29H30ClN3O2. The summed E-state index contributed by atoms with van der Waals surface area (Å²) >= 11 is 6.05. The highest BCUT2D eigenvalue weighted by atomic mass is 35.5. The summed E-state index contributed by atoms with van der Waals surface area (Å²) in [5.74, 6) is -0.120. The van der Waals surface area contributed by atoms with Crippen molar-refractivity contribution in [3.63, 3.8) is 0 Å². The zero-order chi connectivity index (χ0) is 24.4. The van der Waals surface area contributed by atoms with E-state index < -0.39 is 6.04 Å². The number of likely N-dealkylation sites (tertiary alicyclic amines) is 1. The average Bonchev–Trinajstić information content (AvgIpc) is 3.42. The highest BCUT2D eigenvalue weighted by Gasteiger charge is 2.42. The molecule has 6 heteroatoms. The minimum atomic E-state index is -0.614. The van der Waals surface area contributed by atoms with Crippen molar-refractivity contribution in [3.8, 4) is 0 Å². The van der Waals surface area contributed by atoms with E-state index in [0.29, 0.717) is 17.1 Å². The Balaban J connectivity index is 1.29. The fraction of sp³-hybridized carbons (Fsp3) is 0.310. The van der Waals surface area contributed by atoms with Crippen LogP contribution in [0.2, 0.25) is 5.02 Å². The molecule has 0 bridgehead atoms. The summed E-state index contributed by atoms with van der Waals surface area (Å²) in [6.07, 6.45) is 0.905. The van der Waals surface area contributed by atoms with Crippen LogP contribution in [0.1, 0.15) is 52.4 Å². The number of carbonyl (C=O) groups excluding carboxylic acids is 2. The molecule has 1 N–H and O–H groups in total. The van der Waals surface area contributed by atoms with Crippen LogP contribution in [-0.4, -0.2) is 47.3 Å². The summed E-state index contributed by atoms with van der Waals surface area (Å²) in [5, 5.41) is 3.94. The smallest absolute Gasteiger partial charge is 0.255 e. The highest BCUT2D eigenvalue weighted by molar-refractivity contribution is 6.30. The predicted molar refractivity (Wildman–Crippen MR) is 138 cm³/mol. The third-order valence-electron chi connectivity index (χ3n) is 7.08. The second-order valence-corrected chi connectivity index (χ2v) is 10.1. The Hall–Kier alpha value is -3.15. The fourth-order valence-electron chi connectivity index (χ4n) is 5.25. The number of nitrogens with one attached hydrogen (secondary N) is 1. The van der Waals surface area contributed by atoms with Gasteiger partial charge in [0.15, 0.2) is 0 Å². The van der Waals surface area contributed by atoms with Crippen molar-refractivity contribution in [2.75, 3.05) is 19.6 Å². The topological polar surface area (TPSA) is 52.7 Å². The molecule has 3 aromatic rings. The van der Waals surface area contributed by atoms with Crippen LogP contribution < -0.4 is 5.32 Å². The van der Waals surface area contributed by atoms with E-state index in [1.54, 1.807) is 4.90 Å². The van der Waals surface area contributed by atoms with Crippen molar-refractivity contribution in [1.82, 2.24) is 15.1 Å². The number of benzene rings is 3. The van der Waals surface area contributed by atoms with Gasteiger partial charge >= 0.3 is 0 Å². The number of hydrogen-bond donors (Lipinski definition) is 1. The van der Waals surface area contributed by atoms with Gasteiger partial charge in [0.1, 0.15) is 6.04 Å². The van der Waals surface area contributed by atoms with Gasteiger partial charge in [-0.05, 0) is 47.2 Å². The fourth-order valence-corrected chi connectivity index (χ4v) is 5.37. The summed E-state index contributed by atoms with van der Waals surface area (Å²) in [4.78, 5) is 31.0. The Morgan fingerprint density at radius 3 is 2.51 bits per heavy atom. The number of nitrogens with zero attached hydrogens (tertiary/aromatic N) is 2. The van der Waals surface area contributed by atoms with Gasteiger partial charge in [0.2, 0.25) is 5.91 Å². The number of fused-ring (bicyclic) bond motifs is 1. The van der Waals surface area contributed by atoms with Crippen molar-refractivity contribution in [1.29, 1.82) is 0 Å². The van der Waals surface area contributed by atoms with Crippen LogP contribution in [0.15, 0.2) is 78.9 Å². The van der Waals surface area contributed by atoms with Crippen molar-refractivity contribution in [2.24, 2.45) is 0 Å². The lowest BCUT2D eigenvalue weighted by molar-refractivity contribution is -0.126. The minimum Gasteiger partial charge on any atom is -0.350 e. The molecule has 3 atom stereocenters. The highest BCUT2D eigenvalue weighted by Crippen LogP contribution is 2.36. The van der Waals surface area contributed by atoms with Gasteiger partial charge in [-0.1, -0.05) is 79.2 Å². The van der Waals surface area contributed by atoms with Crippen LogP contribution >= 0.6 is 11.6 Å². The van der Waals surface area contributed by atoms with Gasteiger partial charge < -0.3 is 10.2 Å². The molecule has 3 unspecified atom stereocenters. The summed E-state index contributed by atoms with van der Waals surface area (Å²) in [5.41, 5.74) is 3.77. The first-order valence-electron chi connectivity index (χ1n) is 12.2. The standard InChI is InChI=1S/C29H30ClN3O2/c1-20(22-11-13-23(30)14-12-22)17-33-27(25-9-5-6-10-26(25)29(33)35)28(34)31-24-15-16-32(19-24)18-21-7-3-2-4-8-21/h2-14,20,24,27H,15-19H2,1H3,(H,31,34). The first-order valence-corrected chi connectivity index (χ1v) is 12.6. The Bertz CT molecular complexity index is 1200. The summed E-state index contributed by atoms with van der Waals surface area (Å²) in [6.45, 7) is 5.16. The zero-order valence-corrected chi connectivity index (χ0v) is 20.6. The third-order valence-corrected chi connectivity index (χ3v) is 7.34. The predicted octanol–water partition coefficient (Wildman–Crippen LogP) is 5.03. The minimum absolute atomic E-state index is 0.0636. The van der Waals surface area contributed by atoms with Gasteiger partial charge in [-0.25, -0.2) is 0 Å². The number of carbonyl (C=O) groups is 2. The Morgan fingerprint density at radius 1 is 1.03 bits per heavy atom. The van der Waals surface area contributed by atoms with E-state index in [-0.39, 0.29) is 23.8 Å². The maximum absolute atomic E-state index is 13.6. The molecular weight excluding hydrogens is 458 g/mol. The lowest BCUT2D eigenvalue weighted by atomic mass is 9.99. The first-order chi connectivity index (χ1) is 17.0. The van der Waals surface area contributed by atoms with E-state index >= 15 is 0 Å². The van der Waals surface area contributed by atoms with E-state index in [1.165, 1.54) is 5.56 Å². The van der Waals surface area contributed by atoms with Crippen molar-refractivity contribution >= 4 is 23.4 Å². The quantitative estimate of drug-likeness (QED) is 0.508. The van der Waals surface area contributed by atoms with E-state index in [4.69, 9.17) is 11.6 Å². The summed E-state index contributed by atoms with van der Waals surface area (Å²) < 4.78 is 0. The maximum Gasteiger partial charge on any atom is 0.255 e. The lowest BCUT2D eigenvalue weighted by Crippen LogP contribution is -2.45. The SMILES string of the molecule is CC(CN1C(=O)c2ccccc2C1C(=O)NC1CCN(Cc2ccccc2)C1)c1ccc(Cl)cc1. The molecule has 3 aromatic carbocycles. The molecule has 5 nitrogen and oxygen atoms in total. The summed E-state index contributed by atoms with van der Waals surface area (Å²) in [7, 11) is 0. The molecule has 180 valence electrons. The second kappa shape index (κ2) is 10.2. The van der Waals surface area contributed by atoms with Crippen LogP contribution in [0, 0.1) is 0 Å². The van der Waals surface area contributed by atoms with Gasteiger partial charge in [-0.2, -0.15) is 0 Å². The van der Waals surface area contributed by atoms with Crippen LogP contribution in [0.25, 0.3) is 0 Å². The van der Waals surface area contributed by atoms with E-state index in [2.05, 4.69) is 41.4 Å². The summed E-state index contributed by atoms with van der Waals surface area (Å²) in [6, 6.07) is 25.0. The van der Waals surface area contributed by atoms with Crippen molar-refractivity contribution in [2.45, 2.75) is 37.9 Å². The average molecular weight is 488 g/mol. The lowest BCUT2D eigenvalue weighted by Gasteiger charge is -2.28. The van der Waals surface area contributed by atoms with Crippen LogP contribution in [0.3, 0.4) is 0 Å². The van der Waals surface area contributed by atoms with Gasteiger partial charge in [0.05, 0.1) is 0 Å². The number of amides is 2. The molecule has 2 heterocycles. The molecule has 2 amide bonds. The molecule has 0 aliphatic carbocycles. The van der Waals surface area contributed by atoms with E-state index in [9.17, 15) is 9.59 Å². The van der Waals surface area contributed by atoms with Crippen LogP contribution in [0.5, 0.6) is 0 Å². The van der Waals surface area contributed by atoms with Crippen LogP contribution in [-0.2, 0) is 11.3 Å². The number of hydrogen-bond acceptors (Lipinski definition) is 3. The third kappa shape index (κ3) is 5.12. The first kappa shape index (κ1) is 23.6. The molecule has 5 rings (SSSR count). The molecule has 0 radical (unpaired) electrons.